The van der Waals surface area contributed by atoms with Gasteiger partial charge in [-0.25, -0.2) is 0 Å². The number of hydrogen-bond donors (Lipinski definition) is 0. The molecule has 0 fully saturated rings. The van der Waals surface area contributed by atoms with Crippen LogP contribution in [0.15, 0.2) is 0 Å². The minimum atomic E-state index is 0.600. The molecule has 0 rings (SSSR count). The van der Waals surface area contributed by atoms with Crippen molar-refractivity contribution in [2.75, 3.05) is 66.6 Å². The molecule has 0 aliphatic heterocycles. The van der Waals surface area contributed by atoms with Crippen LogP contribution in [-0.4, -0.2) is 66.6 Å². The second-order valence-electron chi connectivity index (χ2n) is 8.04. The van der Waals surface area contributed by atoms with Gasteiger partial charge in [-0.1, -0.05) is 90.4 Å². The van der Waals surface area contributed by atoms with E-state index >= 15 is 0 Å². The van der Waals surface area contributed by atoms with E-state index in [1.807, 2.05) is 0 Å². The number of rotatable bonds is 27. The maximum Gasteiger partial charge on any atom is 0.0701 e. The molecule has 0 radical (unpaired) electrons. The molecule has 182 valence electrons. The lowest BCUT2D eigenvalue weighted by Gasteiger charge is -2.07. The highest BCUT2D eigenvalue weighted by Gasteiger charge is 1.95. The molecule has 0 aromatic rings. The third-order valence-corrected chi connectivity index (χ3v) is 5.19. The van der Waals surface area contributed by atoms with Gasteiger partial charge in [-0.05, 0) is 6.42 Å². The molecule has 0 heterocycles. The van der Waals surface area contributed by atoms with Crippen LogP contribution in [0, 0.1) is 0 Å². The average Bonchev–Trinajstić information content (AvgIpc) is 2.76. The zero-order valence-electron chi connectivity index (χ0n) is 20.3. The van der Waals surface area contributed by atoms with E-state index < -0.39 is 0 Å². The van der Waals surface area contributed by atoms with Crippen LogP contribution in [0.2, 0.25) is 0 Å². The molecule has 0 atom stereocenters. The predicted molar refractivity (Wildman–Crippen MR) is 125 cm³/mol. The third kappa shape index (κ3) is 27.8. The summed E-state index contributed by atoms with van der Waals surface area (Å²) in [4.78, 5) is 0. The summed E-state index contributed by atoms with van der Waals surface area (Å²) in [7, 11) is 1.67. The smallest absolute Gasteiger partial charge is 0.0701 e. The molecule has 0 spiro atoms. The van der Waals surface area contributed by atoms with Gasteiger partial charge in [-0.2, -0.15) is 0 Å². The van der Waals surface area contributed by atoms with Gasteiger partial charge in [0.1, 0.15) is 0 Å². The number of methoxy groups -OCH3 is 1. The summed E-state index contributed by atoms with van der Waals surface area (Å²) in [5.74, 6) is 0. The minimum Gasteiger partial charge on any atom is -0.382 e. The van der Waals surface area contributed by atoms with E-state index in [9.17, 15) is 0 Å². The van der Waals surface area contributed by atoms with Gasteiger partial charge < -0.3 is 23.7 Å². The van der Waals surface area contributed by atoms with Crippen LogP contribution < -0.4 is 0 Å². The van der Waals surface area contributed by atoms with Crippen LogP contribution in [0.25, 0.3) is 0 Å². The lowest BCUT2D eigenvalue weighted by molar-refractivity contribution is -0.00800. The first-order valence-electron chi connectivity index (χ1n) is 12.7. The lowest BCUT2D eigenvalue weighted by Crippen LogP contribution is -2.13. The van der Waals surface area contributed by atoms with Crippen LogP contribution in [0.3, 0.4) is 0 Å². The molecule has 0 aromatic carbocycles. The Kier molecular flexibility index (Phi) is 28.6. The normalized spacial score (nSPS) is 11.4. The number of unbranched alkanes of at least 4 members (excludes halogenated alkanes) is 13. The van der Waals surface area contributed by atoms with Crippen LogP contribution in [0.5, 0.6) is 0 Å². The van der Waals surface area contributed by atoms with Crippen LogP contribution in [0.1, 0.15) is 96.8 Å². The van der Waals surface area contributed by atoms with Crippen molar-refractivity contribution < 1.29 is 23.7 Å². The Morgan fingerprint density at radius 1 is 0.333 bits per heavy atom. The summed E-state index contributed by atoms with van der Waals surface area (Å²) in [5, 5.41) is 0. The van der Waals surface area contributed by atoms with Crippen molar-refractivity contribution >= 4 is 0 Å². The fourth-order valence-electron chi connectivity index (χ4n) is 3.30. The largest absolute Gasteiger partial charge is 0.382 e. The molecule has 0 saturated heterocycles. The van der Waals surface area contributed by atoms with E-state index in [0.717, 1.165) is 6.61 Å². The Morgan fingerprint density at radius 3 is 1.00 bits per heavy atom. The quantitative estimate of drug-likeness (QED) is 0.145. The first-order valence-corrected chi connectivity index (χ1v) is 12.7. The third-order valence-electron chi connectivity index (χ3n) is 5.19. The second kappa shape index (κ2) is 28.8. The van der Waals surface area contributed by atoms with Gasteiger partial charge in [0.25, 0.3) is 0 Å². The van der Waals surface area contributed by atoms with Crippen LogP contribution in [-0.2, 0) is 23.7 Å². The van der Waals surface area contributed by atoms with Crippen molar-refractivity contribution in [1.82, 2.24) is 0 Å². The fourth-order valence-corrected chi connectivity index (χ4v) is 3.30. The highest BCUT2D eigenvalue weighted by Crippen LogP contribution is 2.12. The van der Waals surface area contributed by atoms with Crippen LogP contribution >= 0.6 is 0 Å². The van der Waals surface area contributed by atoms with Gasteiger partial charge in [-0.15, -0.1) is 0 Å². The molecular formula is C25H52O5. The molecule has 5 heteroatoms. The zero-order valence-corrected chi connectivity index (χ0v) is 20.3. The van der Waals surface area contributed by atoms with Crippen molar-refractivity contribution in [3.63, 3.8) is 0 Å². The van der Waals surface area contributed by atoms with E-state index in [1.54, 1.807) is 7.11 Å². The van der Waals surface area contributed by atoms with Crippen molar-refractivity contribution in [2.45, 2.75) is 96.8 Å². The van der Waals surface area contributed by atoms with Gasteiger partial charge in [0, 0.05) is 13.7 Å². The van der Waals surface area contributed by atoms with E-state index in [0.29, 0.717) is 52.9 Å². The van der Waals surface area contributed by atoms with Gasteiger partial charge in [-0.3, -0.25) is 0 Å². The molecule has 0 aromatic heterocycles. The summed E-state index contributed by atoms with van der Waals surface area (Å²) < 4.78 is 26.7. The second-order valence-corrected chi connectivity index (χ2v) is 8.04. The molecule has 0 bridgehead atoms. The van der Waals surface area contributed by atoms with Crippen molar-refractivity contribution in [2.24, 2.45) is 0 Å². The standard InChI is InChI=1S/C25H52O5/c1-3-4-5-6-7-8-9-10-11-12-13-14-15-16-17-27-20-21-29-24-25-30-23-22-28-19-18-26-2/h3-25H2,1-2H3. The average molecular weight is 433 g/mol. The monoisotopic (exact) mass is 432 g/mol. The topological polar surface area (TPSA) is 46.2 Å². The summed E-state index contributed by atoms with van der Waals surface area (Å²) in [6.07, 6.45) is 19.5. The first kappa shape index (κ1) is 29.8. The zero-order chi connectivity index (χ0) is 21.8. The molecule has 0 saturated carbocycles. The van der Waals surface area contributed by atoms with E-state index in [4.69, 9.17) is 23.7 Å². The Hall–Kier alpha value is -0.200. The molecular weight excluding hydrogens is 380 g/mol. The maximum atomic E-state index is 5.63. The first-order chi connectivity index (χ1) is 14.9. The highest BCUT2D eigenvalue weighted by atomic mass is 16.6. The van der Waals surface area contributed by atoms with Crippen molar-refractivity contribution in [1.29, 1.82) is 0 Å². The minimum absolute atomic E-state index is 0.600. The summed E-state index contributed by atoms with van der Waals surface area (Å²) in [5.41, 5.74) is 0. The van der Waals surface area contributed by atoms with E-state index in [1.165, 1.54) is 89.9 Å². The van der Waals surface area contributed by atoms with Gasteiger partial charge in [0.2, 0.25) is 0 Å². The van der Waals surface area contributed by atoms with Gasteiger partial charge >= 0.3 is 0 Å². The molecule has 0 aliphatic carbocycles. The highest BCUT2D eigenvalue weighted by molar-refractivity contribution is 4.49. The molecule has 0 aliphatic rings. The molecule has 0 unspecified atom stereocenters. The van der Waals surface area contributed by atoms with E-state index in [-0.39, 0.29) is 0 Å². The molecule has 5 nitrogen and oxygen atoms in total. The van der Waals surface area contributed by atoms with Gasteiger partial charge in [0.05, 0.1) is 52.9 Å². The van der Waals surface area contributed by atoms with Crippen molar-refractivity contribution in [3.8, 4) is 0 Å². The van der Waals surface area contributed by atoms with Crippen LogP contribution in [0.4, 0.5) is 0 Å². The van der Waals surface area contributed by atoms with E-state index in [2.05, 4.69) is 6.92 Å². The fraction of sp³-hybridized carbons (Fsp3) is 1.00. The summed E-state index contributed by atoms with van der Waals surface area (Å²) >= 11 is 0. The molecule has 0 amide bonds. The Bertz CT molecular complexity index is 261. The number of hydrogen-bond acceptors (Lipinski definition) is 5. The Labute approximate surface area is 187 Å². The lowest BCUT2D eigenvalue weighted by atomic mass is 10.0. The molecule has 0 N–H and O–H groups in total. The summed E-state index contributed by atoms with van der Waals surface area (Å²) in [6, 6.07) is 0. The SMILES string of the molecule is CCCCCCCCCCCCCCCCOCCOCCOCCOCCOC. The Morgan fingerprint density at radius 2 is 0.633 bits per heavy atom. The summed E-state index contributed by atoms with van der Waals surface area (Å²) in [6.45, 7) is 8.13. The predicted octanol–water partition coefficient (Wildman–Crippen LogP) is 6.18. The number of ether oxygens (including phenoxy) is 5. The van der Waals surface area contributed by atoms with Crippen molar-refractivity contribution in [3.05, 3.63) is 0 Å². The Balaban J connectivity index is 2.97. The molecule has 30 heavy (non-hydrogen) atoms. The maximum absolute atomic E-state index is 5.63. The van der Waals surface area contributed by atoms with Gasteiger partial charge in [0.15, 0.2) is 0 Å².